The Balaban J connectivity index is 0. The van der Waals surface area contributed by atoms with Gasteiger partial charge in [0.05, 0.1) is 5.71 Å². The SMILES string of the molecule is COP([O-])(=S)OON=C(C)CCCl.[K+]. The van der Waals surface area contributed by atoms with E-state index in [1.807, 2.05) is 0 Å². The number of alkyl halides is 1. The standard InChI is InChI=1S/C5H11ClNO4PS.K/c1-5(3-4-6)7-10-11-12(8,13)9-2;/h3-4H2,1-2H3,(H,8,13);/q;+1/p-1. The predicted octanol–water partition coefficient (Wildman–Crippen LogP) is -1.83. The molecule has 0 fully saturated rings. The smallest absolute Gasteiger partial charge is 0.777 e. The zero-order chi connectivity index (χ0) is 10.3. The van der Waals surface area contributed by atoms with Crippen molar-refractivity contribution in [1.82, 2.24) is 0 Å². The van der Waals surface area contributed by atoms with Gasteiger partial charge in [-0.3, -0.25) is 0 Å². The topological polar surface area (TPSA) is 63.1 Å². The summed E-state index contributed by atoms with van der Waals surface area (Å²) in [7, 11) is 1.16. The van der Waals surface area contributed by atoms with Crippen LogP contribution in [-0.2, 0) is 26.0 Å². The first kappa shape index (κ1) is 18.3. The van der Waals surface area contributed by atoms with Gasteiger partial charge < -0.3 is 9.42 Å². The minimum Gasteiger partial charge on any atom is -0.777 e. The maximum Gasteiger partial charge on any atom is 1.00 e. The Bertz CT molecular complexity index is 230. The minimum absolute atomic E-state index is 0. The van der Waals surface area contributed by atoms with E-state index < -0.39 is 6.72 Å². The van der Waals surface area contributed by atoms with Crippen LogP contribution in [0, 0.1) is 0 Å². The van der Waals surface area contributed by atoms with Crippen molar-refractivity contribution < 1.29 is 70.5 Å². The molecule has 0 spiro atoms. The van der Waals surface area contributed by atoms with E-state index in [9.17, 15) is 4.89 Å². The summed E-state index contributed by atoms with van der Waals surface area (Å²) in [6, 6.07) is 0. The zero-order valence-corrected chi connectivity index (χ0v) is 13.8. The van der Waals surface area contributed by atoms with Gasteiger partial charge in [-0.2, -0.15) is 0 Å². The van der Waals surface area contributed by atoms with Gasteiger partial charge in [0.1, 0.15) is 0 Å². The van der Waals surface area contributed by atoms with Gasteiger partial charge in [0.2, 0.25) is 0 Å². The van der Waals surface area contributed by atoms with Crippen LogP contribution >= 0.6 is 18.3 Å². The van der Waals surface area contributed by atoms with E-state index >= 15 is 0 Å². The zero-order valence-electron chi connectivity index (χ0n) is 8.23. The average molecular weight is 286 g/mol. The molecule has 0 aromatic heterocycles. The van der Waals surface area contributed by atoms with Crippen LogP contribution in [0.4, 0.5) is 0 Å². The maximum atomic E-state index is 10.9. The molecule has 0 saturated carbocycles. The van der Waals surface area contributed by atoms with Crippen LogP contribution < -0.4 is 56.3 Å². The van der Waals surface area contributed by atoms with Crippen LogP contribution in [0.15, 0.2) is 5.16 Å². The molecule has 1 atom stereocenters. The number of rotatable bonds is 6. The molecular formula is C5H10ClKNO4PS. The van der Waals surface area contributed by atoms with E-state index in [0.717, 1.165) is 7.11 Å². The summed E-state index contributed by atoms with van der Waals surface area (Å²) < 4.78 is 8.52. The van der Waals surface area contributed by atoms with Crippen LogP contribution in [0.1, 0.15) is 13.3 Å². The fraction of sp³-hybridized carbons (Fsp3) is 0.800. The quantitative estimate of drug-likeness (QED) is 0.144. The third-order valence-corrected chi connectivity index (χ3v) is 2.51. The number of oxime groups is 1. The minimum atomic E-state index is -3.53. The predicted molar refractivity (Wildman–Crippen MR) is 51.9 cm³/mol. The fourth-order valence-corrected chi connectivity index (χ4v) is 0.865. The van der Waals surface area contributed by atoms with Gasteiger partial charge in [-0.05, 0) is 18.7 Å². The molecule has 0 radical (unpaired) electrons. The Morgan fingerprint density at radius 1 is 1.64 bits per heavy atom. The summed E-state index contributed by atoms with van der Waals surface area (Å²) in [5.41, 5.74) is 0.612. The van der Waals surface area contributed by atoms with Gasteiger partial charge in [-0.15, -0.1) is 16.3 Å². The molecule has 78 valence electrons. The maximum absolute atomic E-state index is 10.9. The molecule has 9 heteroatoms. The molecule has 0 amide bonds. The average Bonchev–Trinajstić information content (AvgIpc) is 2.05. The first-order chi connectivity index (χ1) is 6.02. The number of nitrogens with zero attached hydrogens (tertiary/aromatic N) is 1. The van der Waals surface area contributed by atoms with Gasteiger partial charge >= 0.3 is 51.4 Å². The Morgan fingerprint density at radius 3 is 2.64 bits per heavy atom. The summed E-state index contributed by atoms with van der Waals surface area (Å²) in [5.74, 6) is 0.425. The number of hydrogen-bond acceptors (Lipinski definition) is 6. The first-order valence-electron chi connectivity index (χ1n) is 3.33. The number of hydrogen-bond donors (Lipinski definition) is 0. The van der Waals surface area contributed by atoms with Crippen LogP contribution in [-0.4, -0.2) is 18.7 Å². The van der Waals surface area contributed by atoms with Crippen LogP contribution in [0.3, 0.4) is 0 Å². The van der Waals surface area contributed by atoms with Crippen molar-refractivity contribution in [1.29, 1.82) is 0 Å². The van der Waals surface area contributed by atoms with E-state index in [0.29, 0.717) is 18.0 Å². The van der Waals surface area contributed by atoms with Crippen molar-refractivity contribution in [2.75, 3.05) is 13.0 Å². The third-order valence-electron chi connectivity index (χ3n) is 0.998. The second-order valence-corrected chi connectivity index (χ2v) is 5.17. The summed E-state index contributed by atoms with van der Waals surface area (Å²) >= 11 is 9.77. The molecule has 0 saturated heterocycles. The van der Waals surface area contributed by atoms with Gasteiger partial charge in [0, 0.05) is 19.4 Å². The van der Waals surface area contributed by atoms with Gasteiger partial charge in [-0.25, -0.2) is 4.99 Å². The Hall–Kier alpha value is 1.93. The normalized spacial score (nSPS) is 15.6. The molecule has 5 nitrogen and oxygen atoms in total. The second kappa shape index (κ2) is 10.1. The molecule has 14 heavy (non-hydrogen) atoms. The molecule has 0 bridgehead atoms. The van der Waals surface area contributed by atoms with Crippen LogP contribution in [0.25, 0.3) is 0 Å². The van der Waals surface area contributed by atoms with Crippen molar-refractivity contribution in [3.63, 3.8) is 0 Å². The van der Waals surface area contributed by atoms with Crippen LogP contribution in [0.5, 0.6) is 0 Å². The first-order valence-corrected chi connectivity index (χ1v) is 6.42. The molecule has 0 N–H and O–H groups in total. The van der Waals surface area contributed by atoms with E-state index in [1.54, 1.807) is 6.92 Å². The van der Waals surface area contributed by atoms with Gasteiger partial charge in [0.25, 0.3) is 0 Å². The van der Waals surface area contributed by atoms with E-state index in [-0.39, 0.29) is 51.4 Å². The molecule has 0 aromatic carbocycles. The van der Waals surface area contributed by atoms with Gasteiger partial charge in [-0.1, -0.05) is 5.16 Å². The van der Waals surface area contributed by atoms with Crippen molar-refractivity contribution in [3.8, 4) is 0 Å². The molecule has 0 aliphatic carbocycles. The monoisotopic (exact) mass is 285 g/mol. The van der Waals surface area contributed by atoms with E-state index in [1.165, 1.54) is 0 Å². The summed E-state index contributed by atoms with van der Waals surface area (Å²) in [6.45, 7) is -1.84. The Morgan fingerprint density at radius 2 is 2.21 bits per heavy atom. The Kier molecular flexibility index (Phi) is 13.2. The Labute approximate surface area is 136 Å². The molecular weight excluding hydrogens is 276 g/mol. The van der Waals surface area contributed by atoms with E-state index in [2.05, 4.69) is 31.1 Å². The largest absolute Gasteiger partial charge is 1.00 e. The fourth-order valence-electron chi connectivity index (χ4n) is 0.334. The van der Waals surface area contributed by atoms with Crippen molar-refractivity contribution in [2.24, 2.45) is 5.16 Å². The van der Waals surface area contributed by atoms with Crippen molar-refractivity contribution in [3.05, 3.63) is 0 Å². The molecule has 0 aliphatic rings. The van der Waals surface area contributed by atoms with Gasteiger partial charge in [0.15, 0.2) is 6.72 Å². The van der Waals surface area contributed by atoms with Crippen molar-refractivity contribution >= 4 is 35.8 Å². The van der Waals surface area contributed by atoms with E-state index in [4.69, 9.17) is 11.6 Å². The second-order valence-electron chi connectivity index (χ2n) is 2.04. The molecule has 0 rings (SSSR count). The number of halogens is 1. The molecule has 1 unspecified atom stereocenters. The molecule has 0 aliphatic heterocycles. The third kappa shape index (κ3) is 10.4. The summed E-state index contributed by atoms with van der Waals surface area (Å²) in [4.78, 5) is 15.1. The molecule has 0 aromatic rings. The van der Waals surface area contributed by atoms with Crippen molar-refractivity contribution in [2.45, 2.75) is 13.3 Å². The van der Waals surface area contributed by atoms with Crippen LogP contribution in [0.2, 0.25) is 0 Å². The molecule has 0 heterocycles. The summed E-state index contributed by atoms with van der Waals surface area (Å²) in [6.07, 6.45) is 0.555. The summed E-state index contributed by atoms with van der Waals surface area (Å²) in [5, 5.41) is 3.44.